The molecule has 24 heavy (non-hydrogen) atoms. The molecule has 0 unspecified atom stereocenters. The number of nitrogens with zero attached hydrogens (tertiary/aromatic N) is 5. The van der Waals surface area contributed by atoms with Crippen LogP contribution < -0.4 is 5.32 Å². The fourth-order valence-corrected chi connectivity index (χ4v) is 3.07. The van der Waals surface area contributed by atoms with Crippen molar-refractivity contribution in [2.75, 3.05) is 11.9 Å². The third kappa shape index (κ3) is 3.13. The Morgan fingerprint density at radius 3 is 2.71 bits per heavy atom. The highest BCUT2D eigenvalue weighted by molar-refractivity contribution is 9.10. The Hall–Kier alpha value is -2.02. The van der Waals surface area contributed by atoms with Gasteiger partial charge in [-0.25, -0.2) is 9.97 Å². The van der Waals surface area contributed by atoms with Gasteiger partial charge in [0.15, 0.2) is 17.0 Å². The molecular formula is C17H21BrN6. The van der Waals surface area contributed by atoms with Crippen molar-refractivity contribution in [3.05, 3.63) is 34.1 Å². The van der Waals surface area contributed by atoms with Gasteiger partial charge >= 0.3 is 0 Å². The van der Waals surface area contributed by atoms with E-state index in [1.54, 1.807) is 4.68 Å². The first-order valence-corrected chi connectivity index (χ1v) is 8.94. The van der Waals surface area contributed by atoms with Crippen LogP contribution in [0.5, 0.6) is 0 Å². The topological polar surface area (TPSA) is 68.5 Å². The molecule has 0 bridgehead atoms. The van der Waals surface area contributed by atoms with Gasteiger partial charge in [-0.2, -0.15) is 4.68 Å². The number of fused-ring (bicyclic) bond motifs is 1. The second-order valence-electron chi connectivity index (χ2n) is 6.09. The maximum absolute atomic E-state index is 4.55. The van der Waals surface area contributed by atoms with E-state index in [1.165, 1.54) is 5.56 Å². The summed E-state index contributed by atoms with van der Waals surface area (Å²) in [6.45, 7) is 9.18. The molecule has 0 saturated heterocycles. The van der Waals surface area contributed by atoms with Crippen LogP contribution in [0.1, 0.15) is 44.5 Å². The van der Waals surface area contributed by atoms with Gasteiger partial charge in [-0.05, 0) is 52.9 Å². The van der Waals surface area contributed by atoms with Crippen LogP contribution in [0.3, 0.4) is 0 Å². The van der Waals surface area contributed by atoms with Crippen LogP contribution in [-0.2, 0) is 0 Å². The lowest BCUT2D eigenvalue weighted by Gasteiger charge is -2.10. The number of anilines is 1. The number of hydrogen-bond donors (Lipinski definition) is 1. The second kappa shape index (κ2) is 6.84. The van der Waals surface area contributed by atoms with Crippen molar-refractivity contribution < 1.29 is 0 Å². The Balaban J connectivity index is 2.12. The van der Waals surface area contributed by atoms with E-state index in [-0.39, 0.29) is 0 Å². The summed E-state index contributed by atoms with van der Waals surface area (Å²) in [5.41, 5.74) is 3.58. The van der Waals surface area contributed by atoms with E-state index in [0.29, 0.717) is 22.9 Å². The summed E-state index contributed by atoms with van der Waals surface area (Å²) >= 11 is 3.65. The smallest absolute Gasteiger partial charge is 0.189 e. The molecule has 1 N–H and O–H groups in total. The summed E-state index contributed by atoms with van der Waals surface area (Å²) < 4.78 is 2.73. The molecule has 3 aromatic rings. The van der Waals surface area contributed by atoms with E-state index in [1.807, 2.05) is 13.0 Å². The van der Waals surface area contributed by atoms with Crippen molar-refractivity contribution >= 4 is 32.9 Å². The molecule has 0 atom stereocenters. The average molecular weight is 389 g/mol. The third-order valence-corrected chi connectivity index (χ3v) is 4.46. The summed E-state index contributed by atoms with van der Waals surface area (Å²) in [5.74, 6) is 1.90. The number of aryl methyl sites for hydroxylation is 1. The zero-order valence-electron chi connectivity index (χ0n) is 14.3. The molecule has 0 radical (unpaired) electrons. The first-order chi connectivity index (χ1) is 11.5. The van der Waals surface area contributed by atoms with Crippen LogP contribution in [0.15, 0.2) is 22.7 Å². The van der Waals surface area contributed by atoms with Crippen molar-refractivity contribution in [3.63, 3.8) is 0 Å². The minimum absolute atomic E-state index is 0.470. The number of benzene rings is 1. The van der Waals surface area contributed by atoms with Crippen molar-refractivity contribution in [2.45, 2.75) is 40.0 Å². The Kier molecular flexibility index (Phi) is 4.80. The molecule has 6 nitrogen and oxygen atoms in total. The van der Waals surface area contributed by atoms with Gasteiger partial charge in [0, 0.05) is 11.0 Å². The van der Waals surface area contributed by atoms with E-state index >= 15 is 0 Å². The summed E-state index contributed by atoms with van der Waals surface area (Å²) in [6.07, 6.45) is 1.01. The Bertz CT molecular complexity index is 871. The lowest BCUT2D eigenvalue weighted by Crippen LogP contribution is -2.06. The van der Waals surface area contributed by atoms with E-state index < -0.39 is 0 Å². The lowest BCUT2D eigenvalue weighted by atomic mass is 10.0. The van der Waals surface area contributed by atoms with Gasteiger partial charge in [0.2, 0.25) is 0 Å². The van der Waals surface area contributed by atoms with Gasteiger partial charge in [0.1, 0.15) is 5.82 Å². The molecule has 3 rings (SSSR count). The molecule has 0 fully saturated rings. The monoisotopic (exact) mass is 388 g/mol. The molecule has 0 aliphatic heterocycles. The summed E-state index contributed by atoms with van der Waals surface area (Å²) in [6, 6.07) is 6.28. The molecule has 2 aromatic heterocycles. The average Bonchev–Trinajstić information content (AvgIpc) is 2.96. The molecule has 2 heterocycles. The van der Waals surface area contributed by atoms with Crippen LogP contribution in [0.25, 0.3) is 16.9 Å². The predicted molar refractivity (Wildman–Crippen MR) is 99.8 cm³/mol. The lowest BCUT2D eigenvalue weighted by molar-refractivity contribution is 0.808. The normalized spacial score (nSPS) is 11.4. The van der Waals surface area contributed by atoms with Gasteiger partial charge in [-0.3, -0.25) is 0 Å². The Labute approximate surface area is 149 Å². The van der Waals surface area contributed by atoms with Gasteiger partial charge in [0.25, 0.3) is 0 Å². The minimum atomic E-state index is 0.470. The van der Waals surface area contributed by atoms with Crippen molar-refractivity contribution in [2.24, 2.45) is 0 Å². The molecule has 0 aliphatic rings. The summed E-state index contributed by atoms with van der Waals surface area (Å²) in [7, 11) is 0. The Morgan fingerprint density at radius 2 is 2.04 bits per heavy atom. The summed E-state index contributed by atoms with van der Waals surface area (Å²) in [5, 5.41) is 11.9. The fraction of sp³-hybridized carbons (Fsp3) is 0.412. The number of hydrogen-bond acceptors (Lipinski definition) is 5. The van der Waals surface area contributed by atoms with Crippen LogP contribution in [0.2, 0.25) is 0 Å². The quantitative estimate of drug-likeness (QED) is 0.708. The number of aromatic nitrogens is 5. The first kappa shape index (κ1) is 16.8. The highest BCUT2D eigenvalue weighted by Gasteiger charge is 2.16. The SMILES string of the molecule is CCCNc1nc(C)nc2c1nnn2-c1ccc(C(C)C)cc1Br. The highest BCUT2D eigenvalue weighted by atomic mass is 79.9. The standard InChI is InChI=1S/C17H21BrN6/c1-5-8-19-16-15-17(21-11(4)20-16)24(23-22-15)14-7-6-12(10(2)3)9-13(14)18/h6-7,9-10H,5,8H2,1-4H3,(H,19,20,21). The van der Waals surface area contributed by atoms with Gasteiger partial charge in [-0.1, -0.05) is 32.1 Å². The second-order valence-corrected chi connectivity index (χ2v) is 6.94. The van der Waals surface area contributed by atoms with Crippen LogP contribution in [-0.4, -0.2) is 31.5 Å². The van der Waals surface area contributed by atoms with Gasteiger partial charge in [-0.15, -0.1) is 5.10 Å². The first-order valence-electron chi connectivity index (χ1n) is 8.15. The fourth-order valence-electron chi connectivity index (χ4n) is 2.51. The van der Waals surface area contributed by atoms with Crippen LogP contribution in [0, 0.1) is 6.92 Å². The maximum atomic E-state index is 4.55. The van der Waals surface area contributed by atoms with Crippen molar-refractivity contribution in [1.29, 1.82) is 0 Å². The largest absolute Gasteiger partial charge is 0.368 e. The van der Waals surface area contributed by atoms with Gasteiger partial charge < -0.3 is 5.32 Å². The zero-order chi connectivity index (χ0) is 17.3. The number of rotatable bonds is 5. The molecule has 126 valence electrons. The minimum Gasteiger partial charge on any atom is -0.368 e. The molecule has 1 aromatic carbocycles. The zero-order valence-corrected chi connectivity index (χ0v) is 15.9. The molecule has 0 spiro atoms. The molecule has 0 saturated carbocycles. The summed E-state index contributed by atoms with van der Waals surface area (Å²) in [4.78, 5) is 9.00. The van der Waals surface area contributed by atoms with E-state index in [4.69, 9.17) is 0 Å². The van der Waals surface area contributed by atoms with Crippen molar-refractivity contribution in [1.82, 2.24) is 25.0 Å². The molecule has 0 aliphatic carbocycles. The van der Waals surface area contributed by atoms with E-state index in [0.717, 1.165) is 28.9 Å². The Morgan fingerprint density at radius 1 is 1.25 bits per heavy atom. The van der Waals surface area contributed by atoms with Gasteiger partial charge in [0.05, 0.1) is 5.69 Å². The predicted octanol–water partition coefficient (Wildman–Crippen LogP) is 4.23. The number of halogens is 1. The highest BCUT2D eigenvalue weighted by Crippen LogP contribution is 2.28. The third-order valence-electron chi connectivity index (χ3n) is 3.82. The number of nitrogens with one attached hydrogen (secondary N) is 1. The molecular weight excluding hydrogens is 368 g/mol. The van der Waals surface area contributed by atoms with Crippen LogP contribution in [0.4, 0.5) is 5.82 Å². The molecule has 7 heteroatoms. The van der Waals surface area contributed by atoms with Crippen molar-refractivity contribution in [3.8, 4) is 5.69 Å². The maximum Gasteiger partial charge on any atom is 0.189 e. The van der Waals surface area contributed by atoms with Crippen LogP contribution >= 0.6 is 15.9 Å². The molecule has 0 amide bonds. The van der Waals surface area contributed by atoms with E-state index in [9.17, 15) is 0 Å². The van der Waals surface area contributed by atoms with E-state index in [2.05, 4.69) is 74.4 Å².